The Morgan fingerprint density at radius 1 is 1.00 bits per heavy atom. The lowest BCUT2D eigenvalue weighted by atomic mass is 10.0. The predicted octanol–water partition coefficient (Wildman–Crippen LogP) is 6.56. The Balaban J connectivity index is 1.26. The fourth-order valence-electron chi connectivity index (χ4n) is 6.15. The monoisotopic (exact) mass is 552 g/mol. The highest BCUT2D eigenvalue weighted by Crippen LogP contribution is 2.35. The number of benzene rings is 3. The molecule has 3 aromatic carbocycles. The Morgan fingerprint density at radius 3 is 2.68 bits per heavy atom. The van der Waals surface area contributed by atoms with Crippen LogP contribution in [0.1, 0.15) is 44.0 Å². The van der Waals surface area contributed by atoms with Crippen molar-refractivity contribution >= 4 is 28.2 Å². The van der Waals surface area contributed by atoms with E-state index in [1.165, 1.54) is 0 Å². The van der Waals surface area contributed by atoms with Gasteiger partial charge in [0.05, 0.1) is 30.2 Å². The third kappa shape index (κ3) is 6.11. The van der Waals surface area contributed by atoms with Crippen LogP contribution in [0.15, 0.2) is 72.9 Å². The number of amides is 1. The third-order valence-corrected chi connectivity index (χ3v) is 8.09. The number of H-pyrrole nitrogens is 1. The Bertz CT molecular complexity index is 1500. The summed E-state index contributed by atoms with van der Waals surface area (Å²) in [5.74, 6) is 0.728. The quantitative estimate of drug-likeness (QED) is 0.254. The maximum atomic E-state index is 14.0. The van der Waals surface area contributed by atoms with E-state index < -0.39 is 0 Å². The molecule has 1 saturated heterocycles. The van der Waals surface area contributed by atoms with Crippen molar-refractivity contribution in [2.24, 2.45) is 0 Å². The van der Waals surface area contributed by atoms with Crippen molar-refractivity contribution in [2.45, 2.75) is 51.9 Å². The topological polar surface area (TPSA) is 69.8 Å². The van der Waals surface area contributed by atoms with Gasteiger partial charge >= 0.3 is 0 Å². The molecular formula is C34H40N4O3. The highest BCUT2D eigenvalue weighted by Gasteiger charge is 2.26. The fraction of sp³-hybridized carbons (Fsp3) is 0.382. The standard InChI is InChI=1S/C34H40N4O3/c1-23-14-17-38(32-8-5-4-7-31(32)36-23)34(39)28-9-11-29(26-10-12-30-27(19-26)13-15-35-30)33(20-28)40-18-6-16-37-21-24(2)41-25(3)22-37/h4-5,7-13,15,19-20,23-25,35-36H,6,14,16-18,21-22H2,1-3H3/t23-,24?,25?/m0/s1. The van der Waals surface area contributed by atoms with Crippen LogP contribution < -0.4 is 15.0 Å². The molecule has 2 unspecified atom stereocenters. The number of nitrogens with zero attached hydrogens (tertiary/aromatic N) is 2. The molecule has 1 amide bonds. The number of ether oxygens (including phenoxy) is 2. The van der Waals surface area contributed by atoms with E-state index in [-0.39, 0.29) is 24.2 Å². The van der Waals surface area contributed by atoms with Crippen LogP contribution in [0.5, 0.6) is 5.75 Å². The van der Waals surface area contributed by atoms with Gasteiger partial charge in [-0.2, -0.15) is 0 Å². The molecule has 1 aromatic heterocycles. The van der Waals surface area contributed by atoms with Gasteiger partial charge in [-0.25, -0.2) is 0 Å². The summed E-state index contributed by atoms with van der Waals surface area (Å²) >= 11 is 0. The number of carbonyl (C=O) groups is 1. The first kappa shape index (κ1) is 27.4. The van der Waals surface area contributed by atoms with Gasteiger partial charge in [-0.15, -0.1) is 0 Å². The maximum Gasteiger partial charge on any atom is 0.258 e. The summed E-state index contributed by atoms with van der Waals surface area (Å²) in [6, 6.07) is 22.7. The van der Waals surface area contributed by atoms with Crippen LogP contribution in [0, 0.1) is 0 Å². The van der Waals surface area contributed by atoms with E-state index in [4.69, 9.17) is 9.47 Å². The smallest absolute Gasteiger partial charge is 0.258 e. The molecule has 2 aliphatic rings. The minimum atomic E-state index is -0.0119. The Kier molecular flexibility index (Phi) is 7.99. The molecule has 0 aliphatic carbocycles. The van der Waals surface area contributed by atoms with Gasteiger partial charge in [0.25, 0.3) is 5.91 Å². The second-order valence-corrected chi connectivity index (χ2v) is 11.5. The van der Waals surface area contributed by atoms with Crippen LogP contribution in [0.4, 0.5) is 11.4 Å². The van der Waals surface area contributed by atoms with Gasteiger partial charge in [-0.3, -0.25) is 9.69 Å². The van der Waals surface area contributed by atoms with Crippen molar-refractivity contribution < 1.29 is 14.3 Å². The number of nitrogens with one attached hydrogen (secondary N) is 2. The summed E-state index contributed by atoms with van der Waals surface area (Å²) in [4.78, 5) is 21.6. The lowest BCUT2D eigenvalue weighted by Gasteiger charge is -2.35. The van der Waals surface area contributed by atoms with E-state index in [1.54, 1.807) is 0 Å². The molecule has 41 heavy (non-hydrogen) atoms. The fourth-order valence-corrected chi connectivity index (χ4v) is 6.15. The van der Waals surface area contributed by atoms with Gasteiger partial charge in [0.2, 0.25) is 0 Å². The van der Waals surface area contributed by atoms with Crippen LogP contribution in [0.25, 0.3) is 22.0 Å². The zero-order chi connectivity index (χ0) is 28.3. The average molecular weight is 553 g/mol. The SMILES string of the molecule is CC1CN(CCCOc2cc(C(=O)N3CC[C@H](C)Nc4ccccc43)ccc2-c2ccc3[nH]ccc3c2)CC(C)O1. The number of fused-ring (bicyclic) bond motifs is 2. The number of hydrogen-bond donors (Lipinski definition) is 2. The van der Waals surface area contributed by atoms with E-state index in [9.17, 15) is 4.79 Å². The van der Waals surface area contributed by atoms with Crippen molar-refractivity contribution in [1.82, 2.24) is 9.88 Å². The largest absolute Gasteiger partial charge is 0.493 e. The molecule has 7 nitrogen and oxygen atoms in total. The van der Waals surface area contributed by atoms with Gasteiger partial charge in [-0.1, -0.05) is 18.2 Å². The Morgan fingerprint density at radius 2 is 1.83 bits per heavy atom. The Labute approximate surface area is 242 Å². The lowest BCUT2D eigenvalue weighted by Crippen LogP contribution is -2.45. The molecule has 3 heterocycles. The predicted molar refractivity (Wildman–Crippen MR) is 166 cm³/mol. The van der Waals surface area contributed by atoms with Crippen molar-refractivity contribution in [3.63, 3.8) is 0 Å². The van der Waals surface area contributed by atoms with E-state index in [2.05, 4.69) is 60.2 Å². The summed E-state index contributed by atoms with van der Waals surface area (Å²) in [5, 5.41) is 4.69. The normalized spacial score (nSPS) is 21.2. The summed E-state index contributed by atoms with van der Waals surface area (Å²) in [7, 11) is 0. The molecule has 214 valence electrons. The molecule has 0 bridgehead atoms. The van der Waals surface area contributed by atoms with E-state index in [1.807, 2.05) is 53.6 Å². The van der Waals surface area contributed by atoms with Gasteiger partial charge in [0.15, 0.2) is 0 Å². The molecule has 2 aliphatic heterocycles. The minimum Gasteiger partial charge on any atom is -0.493 e. The van der Waals surface area contributed by atoms with Crippen LogP contribution in [0.2, 0.25) is 0 Å². The first-order valence-electron chi connectivity index (χ1n) is 14.8. The van der Waals surface area contributed by atoms with Crippen molar-refractivity contribution in [3.05, 3.63) is 78.5 Å². The van der Waals surface area contributed by atoms with Gasteiger partial charge in [-0.05, 0) is 93.1 Å². The highest BCUT2D eigenvalue weighted by molar-refractivity contribution is 6.08. The van der Waals surface area contributed by atoms with Crippen LogP contribution in [-0.4, -0.2) is 66.8 Å². The lowest BCUT2D eigenvalue weighted by molar-refractivity contribution is -0.0686. The van der Waals surface area contributed by atoms with Gasteiger partial charge < -0.3 is 24.7 Å². The van der Waals surface area contributed by atoms with Crippen LogP contribution in [0.3, 0.4) is 0 Å². The molecule has 6 rings (SSSR count). The zero-order valence-corrected chi connectivity index (χ0v) is 24.2. The second-order valence-electron chi connectivity index (χ2n) is 11.5. The molecule has 1 fully saturated rings. The summed E-state index contributed by atoms with van der Waals surface area (Å²) in [6.07, 6.45) is 4.23. The molecule has 0 spiro atoms. The first-order chi connectivity index (χ1) is 19.9. The highest BCUT2D eigenvalue weighted by atomic mass is 16.5. The number of rotatable bonds is 7. The average Bonchev–Trinajstić information content (AvgIpc) is 3.36. The van der Waals surface area contributed by atoms with Crippen molar-refractivity contribution in [3.8, 4) is 16.9 Å². The number of aromatic amines is 1. The summed E-state index contributed by atoms with van der Waals surface area (Å²) < 4.78 is 12.4. The van der Waals surface area contributed by atoms with E-state index >= 15 is 0 Å². The number of hydrogen-bond acceptors (Lipinski definition) is 5. The number of morpholine rings is 1. The molecular weight excluding hydrogens is 512 g/mol. The number of carbonyl (C=O) groups excluding carboxylic acids is 1. The molecule has 4 aromatic rings. The van der Waals surface area contributed by atoms with Crippen LogP contribution >= 0.6 is 0 Å². The van der Waals surface area contributed by atoms with Crippen molar-refractivity contribution in [2.75, 3.05) is 43.0 Å². The number of para-hydroxylation sites is 2. The summed E-state index contributed by atoms with van der Waals surface area (Å²) in [5.41, 5.74) is 5.70. The van der Waals surface area contributed by atoms with E-state index in [0.29, 0.717) is 18.7 Å². The van der Waals surface area contributed by atoms with Gasteiger partial charge in [0, 0.05) is 55.1 Å². The van der Waals surface area contributed by atoms with E-state index in [0.717, 1.165) is 71.6 Å². The number of aromatic nitrogens is 1. The molecule has 7 heteroatoms. The van der Waals surface area contributed by atoms with Crippen molar-refractivity contribution in [1.29, 1.82) is 0 Å². The first-order valence-corrected chi connectivity index (χ1v) is 14.8. The number of anilines is 2. The summed E-state index contributed by atoms with van der Waals surface area (Å²) in [6.45, 7) is 10.5. The third-order valence-electron chi connectivity index (χ3n) is 8.09. The second kappa shape index (κ2) is 12.0. The van der Waals surface area contributed by atoms with Gasteiger partial charge in [0.1, 0.15) is 5.75 Å². The molecule has 3 atom stereocenters. The molecule has 0 radical (unpaired) electrons. The molecule has 0 saturated carbocycles. The zero-order valence-electron chi connectivity index (χ0n) is 24.2. The maximum absolute atomic E-state index is 14.0. The Hall–Kier alpha value is -3.81. The van der Waals surface area contributed by atoms with Crippen LogP contribution in [-0.2, 0) is 4.74 Å². The molecule has 2 N–H and O–H groups in total. The minimum absolute atomic E-state index is 0.0119.